The molecule has 4 aliphatic rings. The number of carboxylic acid groups (broad SMARTS) is 1. The topological polar surface area (TPSA) is 379 Å². The Morgan fingerprint density at radius 1 is 0.618 bits per heavy atom. The zero-order valence-electron chi connectivity index (χ0n) is 44.1. The van der Waals surface area contributed by atoms with Gasteiger partial charge in [0.2, 0.25) is 0 Å². The number of rotatable bonds is 5. The van der Waals surface area contributed by atoms with Crippen LogP contribution < -0.4 is 5.73 Å². The Balaban J connectivity index is 1.59. The van der Waals surface area contributed by atoms with E-state index in [0.29, 0.717) is 0 Å². The van der Waals surface area contributed by atoms with Gasteiger partial charge in [-0.25, -0.2) is 0 Å². The maximum absolute atomic E-state index is 13.1. The van der Waals surface area contributed by atoms with Gasteiger partial charge in [-0.2, -0.15) is 0 Å². The molecule has 432 valence electrons. The summed E-state index contributed by atoms with van der Waals surface area (Å²) < 4.78 is 35.7. The number of ether oxygens (including phenoxy) is 6. The number of fused-ring (bicyclic) bond motifs is 2. The maximum atomic E-state index is 13.1. The third kappa shape index (κ3) is 19.3. The van der Waals surface area contributed by atoms with Gasteiger partial charge < -0.3 is 101 Å². The fourth-order valence-electron chi connectivity index (χ4n) is 9.68. The summed E-state index contributed by atoms with van der Waals surface area (Å²) in [5.41, 5.74) is 4.84. The largest absolute Gasteiger partial charge is 0.481 e. The third-order valence-electron chi connectivity index (χ3n) is 14.4. The molecule has 22 nitrogen and oxygen atoms in total. The summed E-state index contributed by atoms with van der Waals surface area (Å²) >= 11 is 0. The quantitative estimate of drug-likeness (QED) is 0.161. The number of carbonyl (C=O) groups excluding carboxylic acids is 1. The fourth-order valence-corrected chi connectivity index (χ4v) is 9.68. The monoisotopic (exact) mass is 1080 g/mol. The number of allylic oxidation sites excluding steroid dienone is 12. The predicted octanol–water partition coefficient (Wildman–Crippen LogP) is -0.0464. The second kappa shape index (κ2) is 30.1. The predicted molar refractivity (Wildman–Crippen MR) is 273 cm³/mol. The number of carbonyl (C=O) groups is 2. The molecule has 4 heterocycles. The van der Waals surface area contributed by atoms with Gasteiger partial charge in [0.1, 0.15) is 42.5 Å². The van der Waals surface area contributed by atoms with Crippen LogP contribution in [0, 0.1) is 17.8 Å². The molecule has 0 saturated carbocycles. The van der Waals surface area contributed by atoms with Crippen molar-refractivity contribution in [3.05, 3.63) is 85.1 Å². The number of cyclic esters (lactones) is 1. The highest BCUT2D eigenvalue weighted by Crippen LogP contribution is 2.39. The van der Waals surface area contributed by atoms with Crippen LogP contribution in [-0.4, -0.2) is 206 Å². The van der Waals surface area contributed by atoms with Crippen LogP contribution in [0.15, 0.2) is 85.1 Å². The lowest BCUT2D eigenvalue weighted by molar-refractivity contribution is -0.319. The second-order valence-corrected chi connectivity index (χ2v) is 21.2. The van der Waals surface area contributed by atoms with Crippen LogP contribution in [0.2, 0.25) is 0 Å². The molecule has 4 aliphatic heterocycles. The Morgan fingerprint density at radius 3 is 1.79 bits per heavy atom. The Morgan fingerprint density at radius 2 is 1.20 bits per heavy atom. The van der Waals surface area contributed by atoms with Crippen LogP contribution in [-0.2, 0) is 38.0 Å². The molecule has 0 amide bonds. The Hall–Kier alpha value is -3.60. The molecule has 2 bridgehead atoms. The van der Waals surface area contributed by atoms with E-state index in [2.05, 4.69) is 0 Å². The van der Waals surface area contributed by atoms with E-state index < -0.39 is 183 Å². The number of aliphatic hydroxyl groups excluding tert-OH is 11. The summed E-state index contributed by atoms with van der Waals surface area (Å²) in [6.07, 6.45) is -3.72. The smallest absolute Gasteiger partial charge is 0.311 e. The fraction of sp³-hybridized carbons (Fsp3) is 0.704. The van der Waals surface area contributed by atoms with Gasteiger partial charge in [0.25, 0.3) is 0 Å². The lowest BCUT2D eigenvalue weighted by Crippen LogP contribution is -2.66. The van der Waals surface area contributed by atoms with E-state index in [9.17, 15) is 76.0 Å². The van der Waals surface area contributed by atoms with Gasteiger partial charge in [-0.1, -0.05) is 98.9 Å². The van der Waals surface area contributed by atoms with Crippen molar-refractivity contribution in [3.63, 3.8) is 0 Å². The van der Waals surface area contributed by atoms with Crippen LogP contribution in [0.1, 0.15) is 92.9 Å². The van der Waals surface area contributed by atoms with Crippen molar-refractivity contribution < 1.29 is 104 Å². The molecule has 23 atom stereocenters. The molecule has 0 radical (unpaired) electrons. The van der Waals surface area contributed by atoms with Gasteiger partial charge in [0.05, 0.1) is 79.1 Å². The molecule has 3 fully saturated rings. The molecule has 22 heteroatoms. The number of carboxylic acids is 1. The molecule has 3 saturated heterocycles. The van der Waals surface area contributed by atoms with Gasteiger partial charge in [-0.05, 0) is 47.0 Å². The van der Waals surface area contributed by atoms with Gasteiger partial charge >= 0.3 is 11.9 Å². The zero-order valence-corrected chi connectivity index (χ0v) is 44.1. The van der Waals surface area contributed by atoms with E-state index in [4.69, 9.17) is 34.2 Å². The third-order valence-corrected chi connectivity index (χ3v) is 14.4. The summed E-state index contributed by atoms with van der Waals surface area (Å²) in [7, 11) is 0. The second-order valence-electron chi connectivity index (χ2n) is 21.2. The van der Waals surface area contributed by atoms with Gasteiger partial charge in [0.15, 0.2) is 18.4 Å². The maximum Gasteiger partial charge on any atom is 0.311 e. The molecule has 1 unspecified atom stereocenters. The first kappa shape index (κ1) is 64.9. The minimum atomic E-state index is -2.36. The summed E-state index contributed by atoms with van der Waals surface area (Å²) in [6.45, 7) is 9.80. The highest BCUT2D eigenvalue weighted by atomic mass is 16.7. The van der Waals surface area contributed by atoms with E-state index in [0.717, 1.165) is 0 Å². The van der Waals surface area contributed by atoms with Crippen molar-refractivity contribution in [1.82, 2.24) is 0 Å². The van der Waals surface area contributed by atoms with Crippen LogP contribution in [0.5, 0.6) is 0 Å². The molecule has 0 aromatic carbocycles. The first-order valence-corrected chi connectivity index (χ1v) is 26.0. The van der Waals surface area contributed by atoms with Crippen LogP contribution in [0.4, 0.5) is 0 Å². The number of aliphatic hydroxyl groups is 12. The van der Waals surface area contributed by atoms with Crippen molar-refractivity contribution in [2.75, 3.05) is 0 Å². The SMILES string of the molecule is C[C@@H]1[C@H](OC2O[C@@H](C)[C@@H](O)[C@@H](O)[C@@H]2O)[C@@H](C)/C=C/C=C/C=C/C=C/C=C/C=C/C=C/[C@H](O[C@@H]2OC(C)(C)[C@@H](O)[C@H](N)[C@@H]2O)C[C@@H]2O[C@](O)(C[C@@H](O)C[C@@H](O)[C@H](O)CC[C@@H](O)C[C@@H](O)CC(=O)O[C@H]1C)C[C@H](O)[C@H]2C(=O)O. The van der Waals surface area contributed by atoms with Gasteiger partial charge in [-0.3, -0.25) is 9.59 Å². The van der Waals surface area contributed by atoms with E-state index in [-0.39, 0.29) is 25.7 Å². The summed E-state index contributed by atoms with van der Waals surface area (Å²) in [4.78, 5) is 25.7. The molecule has 0 aromatic rings. The molecule has 15 N–H and O–H groups in total. The standard InChI is InChI=1S/C54H85NO21/c1-29-19-17-15-13-11-9-7-8-10-12-14-16-18-20-36(73-52-45(64)43(55)49(67)53(5,6)76-52)26-40-42(50(68)69)39(61)28-54(70,75-40)27-35(58)24-38(60)37(59)22-21-33(56)23-34(57)25-41(62)71-31(3)30(2)48(29)74-51-47(66)46(65)44(63)32(4)72-51/h7-20,29-40,42-49,51-52,56-61,63-67,70H,21-28,55H2,1-6H3,(H,68,69)/b8-7+,11-9+,12-10+,15-13+,16-14+,19-17+,20-18+/t29-,30-,31-,32-,33+,34+,35-,36-,37+,38+,39-,40-,42+,43+,44+,45-,46+,47-,48+,49-,51?,52+,54+/m0/s1. The van der Waals surface area contributed by atoms with Crippen molar-refractivity contribution in [2.24, 2.45) is 23.5 Å². The van der Waals surface area contributed by atoms with Crippen molar-refractivity contribution in [3.8, 4) is 0 Å². The minimum Gasteiger partial charge on any atom is -0.481 e. The highest BCUT2D eigenvalue weighted by molar-refractivity contribution is 5.71. The number of esters is 1. The normalized spacial score (nSPS) is 46.5. The van der Waals surface area contributed by atoms with Crippen molar-refractivity contribution in [2.45, 2.75) is 221 Å². The van der Waals surface area contributed by atoms with E-state index >= 15 is 0 Å². The number of hydrogen-bond donors (Lipinski definition) is 14. The summed E-state index contributed by atoms with van der Waals surface area (Å²) in [5.74, 6) is -7.23. The van der Waals surface area contributed by atoms with E-state index in [1.165, 1.54) is 13.0 Å². The van der Waals surface area contributed by atoms with Gasteiger partial charge in [-0.15, -0.1) is 0 Å². The first-order valence-electron chi connectivity index (χ1n) is 26.0. The first-order chi connectivity index (χ1) is 35.6. The van der Waals surface area contributed by atoms with E-state index in [1.807, 2.05) is 13.0 Å². The highest BCUT2D eigenvalue weighted by Gasteiger charge is 2.52. The van der Waals surface area contributed by atoms with Crippen LogP contribution in [0.3, 0.4) is 0 Å². The van der Waals surface area contributed by atoms with Crippen LogP contribution in [0.25, 0.3) is 0 Å². The summed E-state index contributed by atoms with van der Waals surface area (Å²) in [5, 5.41) is 140. The Labute approximate surface area is 444 Å². The van der Waals surface area contributed by atoms with Crippen LogP contribution >= 0.6 is 0 Å². The Bertz CT molecular complexity index is 2010. The van der Waals surface area contributed by atoms with Gasteiger partial charge in [0, 0.05) is 37.5 Å². The Kier molecular flexibility index (Phi) is 25.7. The average Bonchev–Trinajstić information content (AvgIpc) is 3.32. The lowest BCUT2D eigenvalue weighted by Gasteiger charge is -2.47. The summed E-state index contributed by atoms with van der Waals surface area (Å²) in [6, 6.07) is -1.20. The molecule has 76 heavy (non-hydrogen) atoms. The molecule has 0 spiro atoms. The average molecular weight is 1080 g/mol. The van der Waals surface area contributed by atoms with Crippen molar-refractivity contribution >= 4 is 11.9 Å². The lowest BCUT2D eigenvalue weighted by atomic mass is 9.82. The molecule has 0 aliphatic carbocycles. The number of nitrogens with two attached hydrogens (primary N) is 1. The molecular weight excluding hydrogens is 999 g/mol. The molecule has 0 aromatic heterocycles. The molecular formula is C54H85NO21. The van der Waals surface area contributed by atoms with Crippen molar-refractivity contribution in [1.29, 1.82) is 0 Å². The molecule has 4 rings (SSSR count). The minimum absolute atomic E-state index is 0.158. The number of hydrogen-bond acceptors (Lipinski definition) is 21. The number of aliphatic carboxylic acids is 1. The zero-order chi connectivity index (χ0) is 56.7. The van der Waals surface area contributed by atoms with E-state index in [1.54, 1.807) is 101 Å².